The summed E-state index contributed by atoms with van der Waals surface area (Å²) in [4.78, 5) is 0. The fraction of sp³-hybridized carbons (Fsp3) is 0.312. The summed E-state index contributed by atoms with van der Waals surface area (Å²) in [6.45, 7) is 6.30. The first kappa shape index (κ1) is 12.8. The van der Waals surface area contributed by atoms with Gasteiger partial charge in [0.15, 0.2) is 5.76 Å². The maximum Gasteiger partial charge on any atom is 0.156 e. The van der Waals surface area contributed by atoms with Crippen LogP contribution in [-0.2, 0) is 7.05 Å². The Hall–Kier alpha value is -2.23. The molecule has 104 valence electrons. The maximum absolute atomic E-state index is 6.12. The van der Waals surface area contributed by atoms with Gasteiger partial charge in [-0.3, -0.25) is 4.68 Å². The molecule has 2 heterocycles. The molecule has 4 heteroatoms. The molecule has 0 saturated heterocycles. The first-order valence-corrected chi connectivity index (χ1v) is 6.80. The molecular weight excluding hydrogens is 250 g/mol. The molecule has 0 radical (unpaired) electrons. The van der Waals surface area contributed by atoms with Crippen LogP contribution in [0.15, 0.2) is 28.7 Å². The smallest absolute Gasteiger partial charge is 0.156 e. The molecule has 0 saturated carbocycles. The predicted octanol–water partition coefficient (Wildman–Crippen LogP) is 3.85. The summed E-state index contributed by atoms with van der Waals surface area (Å²) in [5, 5.41) is 5.61. The van der Waals surface area contributed by atoms with E-state index in [1.165, 1.54) is 5.56 Å². The summed E-state index contributed by atoms with van der Waals surface area (Å²) in [5.74, 6) is 1.78. The van der Waals surface area contributed by atoms with Crippen LogP contribution in [0.3, 0.4) is 0 Å². The van der Waals surface area contributed by atoms with Gasteiger partial charge in [0.2, 0.25) is 0 Å². The molecule has 1 aromatic carbocycles. The highest BCUT2D eigenvalue weighted by Crippen LogP contribution is 2.35. The first-order chi connectivity index (χ1) is 9.47. The van der Waals surface area contributed by atoms with Crippen molar-refractivity contribution in [2.24, 2.45) is 7.05 Å². The SMILES string of the molecule is Cc1ccc2oc(-c3nn(C)c(N)c3C(C)C)cc2c1. The second-order valence-corrected chi connectivity index (χ2v) is 5.58. The van der Waals surface area contributed by atoms with Gasteiger partial charge >= 0.3 is 0 Å². The molecule has 0 aliphatic rings. The quantitative estimate of drug-likeness (QED) is 0.768. The molecule has 0 bridgehead atoms. The molecule has 0 amide bonds. The van der Waals surface area contributed by atoms with Gasteiger partial charge in [0.25, 0.3) is 0 Å². The topological polar surface area (TPSA) is 57.0 Å². The van der Waals surface area contributed by atoms with Crippen molar-refractivity contribution in [1.29, 1.82) is 0 Å². The van der Waals surface area contributed by atoms with Crippen LogP contribution in [0.25, 0.3) is 22.4 Å². The van der Waals surface area contributed by atoms with Gasteiger partial charge in [-0.15, -0.1) is 0 Å². The molecule has 3 rings (SSSR count). The second kappa shape index (κ2) is 4.40. The number of benzene rings is 1. The summed E-state index contributed by atoms with van der Waals surface area (Å²) in [7, 11) is 1.86. The molecule has 0 unspecified atom stereocenters. The third-order valence-electron chi connectivity index (χ3n) is 3.61. The Morgan fingerprint density at radius 3 is 2.70 bits per heavy atom. The zero-order valence-electron chi connectivity index (χ0n) is 12.3. The lowest BCUT2D eigenvalue weighted by Crippen LogP contribution is -2.00. The van der Waals surface area contributed by atoms with E-state index < -0.39 is 0 Å². The van der Waals surface area contributed by atoms with Crippen LogP contribution in [0, 0.1) is 6.92 Å². The zero-order valence-corrected chi connectivity index (χ0v) is 12.3. The Kier molecular flexibility index (Phi) is 2.82. The number of nitrogens with zero attached hydrogens (tertiary/aromatic N) is 2. The van der Waals surface area contributed by atoms with Gasteiger partial charge in [0, 0.05) is 18.0 Å². The van der Waals surface area contributed by atoms with E-state index in [1.54, 1.807) is 4.68 Å². The van der Waals surface area contributed by atoms with Gasteiger partial charge in [-0.05, 0) is 31.0 Å². The van der Waals surface area contributed by atoms with Crippen molar-refractivity contribution in [3.8, 4) is 11.5 Å². The van der Waals surface area contributed by atoms with Crippen LogP contribution in [0.4, 0.5) is 5.82 Å². The monoisotopic (exact) mass is 269 g/mol. The van der Waals surface area contributed by atoms with E-state index in [0.29, 0.717) is 11.7 Å². The lowest BCUT2D eigenvalue weighted by molar-refractivity contribution is 0.623. The van der Waals surface area contributed by atoms with Crippen LogP contribution in [-0.4, -0.2) is 9.78 Å². The molecule has 2 aromatic heterocycles. The number of furan rings is 1. The maximum atomic E-state index is 6.12. The molecule has 4 nitrogen and oxygen atoms in total. The molecule has 20 heavy (non-hydrogen) atoms. The van der Waals surface area contributed by atoms with Crippen molar-refractivity contribution >= 4 is 16.8 Å². The van der Waals surface area contributed by atoms with Crippen molar-refractivity contribution in [1.82, 2.24) is 9.78 Å². The second-order valence-electron chi connectivity index (χ2n) is 5.58. The first-order valence-electron chi connectivity index (χ1n) is 6.80. The minimum atomic E-state index is 0.300. The van der Waals surface area contributed by atoms with E-state index >= 15 is 0 Å². The summed E-state index contributed by atoms with van der Waals surface area (Å²) in [6, 6.07) is 8.20. The van der Waals surface area contributed by atoms with E-state index in [4.69, 9.17) is 10.2 Å². The molecule has 0 atom stereocenters. The van der Waals surface area contributed by atoms with E-state index in [2.05, 4.69) is 31.9 Å². The Morgan fingerprint density at radius 1 is 1.25 bits per heavy atom. The summed E-state index contributed by atoms with van der Waals surface area (Å²) in [6.07, 6.45) is 0. The number of rotatable bonds is 2. The molecule has 3 aromatic rings. The molecule has 0 aliphatic heterocycles. The highest BCUT2D eigenvalue weighted by molar-refractivity contribution is 5.84. The molecule has 2 N–H and O–H groups in total. The number of aromatic nitrogens is 2. The van der Waals surface area contributed by atoms with Crippen LogP contribution in [0.1, 0.15) is 30.9 Å². The number of hydrogen-bond acceptors (Lipinski definition) is 3. The van der Waals surface area contributed by atoms with Gasteiger partial charge in [0.1, 0.15) is 17.1 Å². The van der Waals surface area contributed by atoms with Crippen LogP contribution >= 0.6 is 0 Å². The van der Waals surface area contributed by atoms with E-state index in [0.717, 1.165) is 28.0 Å². The van der Waals surface area contributed by atoms with Crippen molar-refractivity contribution < 1.29 is 4.42 Å². The average molecular weight is 269 g/mol. The van der Waals surface area contributed by atoms with Gasteiger partial charge in [-0.1, -0.05) is 25.5 Å². The largest absolute Gasteiger partial charge is 0.454 e. The zero-order chi connectivity index (χ0) is 14.4. The third kappa shape index (κ3) is 1.88. The van der Waals surface area contributed by atoms with Crippen LogP contribution in [0.5, 0.6) is 0 Å². The van der Waals surface area contributed by atoms with Crippen molar-refractivity contribution in [2.75, 3.05) is 5.73 Å². The highest BCUT2D eigenvalue weighted by Gasteiger charge is 2.21. The number of aryl methyl sites for hydroxylation is 2. The normalized spacial score (nSPS) is 11.7. The van der Waals surface area contributed by atoms with E-state index in [-0.39, 0.29) is 0 Å². The number of anilines is 1. The van der Waals surface area contributed by atoms with Gasteiger partial charge in [-0.25, -0.2) is 0 Å². The van der Waals surface area contributed by atoms with E-state index in [1.807, 2.05) is 25.2 Å². The van der Waals surface area contributed by atoms with Crippen molar-refractivity contribution in [3.63, 3.8) is 0 Å². The molecular formula is C16H19N3O. The van der Waals surface area contributed by atoms with Gasteiger partial charge in [-0.2, -0.15) is 5.10 Å². The summed E-state index contributed by atoms with van der Waals surface area (Å²) < 4.78 is 7.65. The molecule has 0 fully saturated rings. The van der Waals surface area contributed by atoms with Gasteiger partial charge in [0.05, 0.1) is 0 Å². The number of nitrogens with two attached hydrogens (primary N) is 1. The highest BCUT2D eigenvalue weighted by atomic mass is 16.3. The average Bonchev–Trinajstić information content (AvgIpc) is 2.91. The molecule has 0 spiro atoms. The minimum absolute atomic E-state index is 0.300. The lowest BCUT2D eigenvalue weighted by atomic mass is 10.0. The summed E-state index contributed by atoms with van der Waals surface area (Å²) >= 11 is 0. The van der Waals surface area contributed by atoms with E-state index in [9.17, 15) is 0 Å². The standard InChI is InChI=1S/C16H19N3O/c1-9(2)14-15(18-19(4)16(14)17)13-8-11-7-10(3)5-6-12(11)20-13/h5-9H,17H2,1-4H3. The fourth-order valence-corrected chi connectivity index (χ4v) is 2.58. The van der Waals surface area contributed by atoms with Gasteiger partial charge < -0.3 is 10.2 Å². The number of nitrogen functional groups attached to an aromatic ring is 1. The fourth-order valence-electron chi connectivity index (χ4n) is 2.58. The Bertz CT molecular complexity index is 780. The Morgan fingerprint density at radius 2 is 2.00 bits per heavy atom. The summed E-state index contributed by atoms with van der Waals surface area (Å²) in [5.41, 5.74) is 10.1. The minimum Gasteiger partial charge on any atom is -0.454 e. The Labute approximate surface area is 118 Å². The van der Waals surface area contributed by atoms with Crippen LogP contribution < -0.4 is 5.73 Å². The third-order valence-corrected chi connectivity index (χ3v) is 3.61. The predicted molar refractivity (Wildman–Crippen MR) is 81.7 cm³/mol. The van der Waals surface area contributed by atoms with Crippen molar-refractivity contribution in [2.45, 2.75) is 26.7 Å². The van der Waals surface area contributed by atoms with Crippen LogP contribution in [0.2, 0.25) is 0 Å². The lowest BCUT2D eigenvalue weighted by Gasteiger charge is -2.05. The van der Waals surface area contributed by atoms with Crippen molar-refractivity contribution in [3.05, 3.63) is 35.4 Å². The molecule has 0 aliphatic carbocycles. The Balaban J connectivity index is 2.23. The number of hydrogen-bond donors (Lipinski definition) is 1. The number of fused-ring (bicyclic) bond motifs is 1.